The van der Waals surface area contributed by atoms with E-state index in [2.05, 4.69) is 15.0 Å². The zero-order valence-electron chi connectivity index (χ0n) is 15.0. The molecule has 0 radical (unpaired) electrons. The van der Waals surface area contributed by atoms with Gasteiger partial charge in [-0.2, -0.15) is 5.10 Å². The number of aromatic nitrogens is 3. The van der Waals surface area contributed by atoms with Gasteiger partial charge >= 0.3 is 5.97 Å². The normalized spacial score (nSPS) is 20.1. The van der Waals surface area contributed by atoms with Gasteiger partial charge in [0.2, 0.25) is 0 Å². The van der Waals surface area contributed by atoms with Gasteiger partial charge in [-0.1, -0.05) is 0 Å². The average molecular weight is 376 g/mol. The fourth-order valence-electron chi connectivity index (χ4n) is 3.10. The third-order valence-electron chi connectivity index (χ3n) is 4.70. The van der Waals surface area contributed by atoms with Crippen molar-refractivity contribution in [2.45, 2.75) is 45.3 Å². The number of hydrogen-bond acceptors (Lipinski definition) is 7. The summed E-state index contributed by atoms with van der Waals surface area (Å²) in [4.78, 5) is 18.6. The van der Waals surface area contributed by atoms with E-state index in [0.717, 1.165) is 36.8 Å². The van der Waals surface area contributed by atoms with Crippen LogP contribution >= 0.6 is 11.3 Å². The predicted octanol–water partition coefficient (Wildman–Crippen LogP) is 3.76. The maximum Gasteiger partial charge on any atom is 0.357 e. The Morgan fingerprint density at radius 3 is 3.04 bits per heavy atom. The summed E-state index contributed by atoms with van der Waals surface area (Å²) in [6, 6.07) is 0. The van der Waals surface area contributed by atoms with Crippen LogP contribution in [0.3, 0.4) is 0 Å². The molecule has 0 spiro atoms. The van der Waals surface area contributed by atoms with Crippen molar-refractivity contribution in [3.8, 4) is 0 Å². The van der Waals surface area contributed by atoms with Crippen LogP contribution in [0.2, 0.25) is 0 Å². The van der Waals surface area contributed by atoms with Crippen LogP contribution in [-0.2, 0) is 9.47 Å². The van der Waals surface area contributed by atoms with Crippen LogP contribution in [0.25, 0.3) is 0 Å². The van der Waals surface area contributed by atoms with Gasteiger partial charge in [0.15, 0.2) is 10.8 Å². The molecule has 1 aliphatic carbocycles. The molecular weight excluding hydrogens is 352 g/mol. The highest BCUT2D eigenvalue weighted by atomic mass is 32.1. The molecule has 2 aromatic heterocycles. The molecule has 2 aromatic rings. The molecule has 8 heteroatoms. The zero-order chi connectivity index (χ0) is 17.9. The lowest BCUT2D eigenvalue weighted by Gasteiger charge is -2.23. The molecule has 1 atom stereocenters. The molecule has 1 saturated carbocycles. The second-order valence-corrected chi connectivity index (χ2v) is 7.63. The zero-order valence-corrected chi connectivity index (χ0v) is 15.8. The Bertz CT molecular complexity index is 749. The van der Waals surface area contributed by atoms with Gasteiger partial charge in [-0.25, -0.2) is 14.5 Å². The number of esters is 1. The van der Waals surface area contributed by atoms with E-state index < -0.39 is 0 Å². The van der Waals surface area contributed by atoms with Gasteiger partial charge in [0.05, 0.1) is 24.7 Å². The van der Waals surface area contributed by atoms with Crippen LogP contribution in [0.5, 0.6) is 0 Å². The SMILES string of the molecule is CCOC(=O)c1csc(N(CC2CC2)c2cnn(C3CCCCO3)c2)n1. The van der Waals surface area contributed by atoms with E-state index in [1.54, 1.807) is 12.3 Å². The first kappa shape index (κ1) is 17.5. The molecule has 1 aliphatic heterocycles. The van der Waals surface area contributed by atoms with Gasteiger partial charge in [0.1, 0.15) is 6.23 Å². The van der Waals surface area contributed by atoms with Crippen molar-refractivity contribution in [2.24, 2.45) is 5.92 Å². The Kier molecular flexibility index (Phi) is 5.21. The van der Waals surface area contributed by atoms with Gasteiger partial charge in [-0.15, -0.1) is 11.3 Å². The van der Waals surface area contributed by atoms with Crippen LogP contribution in [0.4, 0.5) is 10.8 Å². The molecule has 26 heavy (non-hydrogen) atoms. The summed E-state index contributed by atoms with van der Waals surface area (Å²) in [5.41, 5.74) is 1.37. The molecule has 0 amide bonds. The first-order valence-corrected chi connectivity index (χ1v) is 10.2. The lowest BCUT2D eigenvalue weighted by Crippen LogP contribution is -2.20. The quantitative estimate of drug-likeness (QED) is 0.685. The number of nitrogens with zero attached hydrogens (tertiary/aromatic N) is 4. The summed E-state index contributed by atoms with van der Waals surface area (Å²) in [6.07, 6.45) is 9.68. The second kappa shape index (κ2) is 7.75. The Morgan fingerprint density at radius 2 is 2.31 bits per heavy atom. The average Bonchev–Trinajstić information content (AvgIpc) is 3.15. The molecule has 4 rings (SSSR count). The fourth-order valence-corrected chi connectivity index (χ4v) is 3.92. The molecule has 1 saturated heterocycles. The minimum Gasteiger partial charge on any atom is -0.461 e. The van der Waals surface area contributed by atoms with E-state index in [0.29, 0.717) is 18.2 Å². The molecule has 0 N–H and O–H groups in total. The number of rotatable bonds is 7. The maximum atomic E-state index is 11.9. The van der Waals surface area contributed by atoms with Gasteiger partial charge in [-0.3, -0.25) is 0 Å². The summed E-state index contributed by atoms with van der Waals surface area (Å²) < 4.78 is 12.8. The van der Waals surface area contributed by atoms with E-state index in [9.17, 15) is 4.79 Å². The Hall–Kier alpha value is -1.93. The highest BCUT2D eigenvalue weighted by molar-refractivity contribution is 7.14. The van der Waals surface area contributed by atoms with E-state index in [4.69, 9.17) is 9.47 Å². The molecule has 1 unspecified atom stereocenters. The predicted molar refractivity (Wildman–Crippen MR) is 98.9 cm³/mol. The summed E-state index contributed by atoms with van der Waals surface area (Å²) in [5, 5.41) is 7.10. The van der Waals surface area contributed by atoms with Crippen LogP contribution in [0, 0.1) is 5.92 Å². The summed E-state index contributed by atoms with van der Waals surface area (Å²) in [7, 11) is 0. The van der Waals surface area contributed by atoms with Crippen molar-refractivity contribution >= 4 is 28.1 Å². The third kappa shape index (κ3) is 3.91. The highest BCUT2D eigenvalue weighted by Crippen LogP contribution is 2.37. The van der Waals surface area contributed by atoms with E-state index >= 15 is 0 Å². The standard InChI is InChI=1S/C18H24N4O3S/c1-2-24-17(23)15-12-26-18(20-15)21(10-13-6-7-13)14-9-19-22(11-14)16-5-3-4-8-25-16/h9,11-13,16H,2-8,10H2,1H3. The third-order valence-corrected chi connectivity index (χ3v) is 5.56. The highest BCUT2D eigenvalue weighted by Gasteiger charge is 2.28. The van der Waals surface area contributed by atoms with Crippen molar-refractivity contribution in [3.05, 3.63) is 23.5 Å². The Balaban J connectivity index is 1.55. The van der Waals surface area contributed by atoms with Crippen LogP contribution in [0.1, 0.15) is 55.7 Å². The smallest absolute Gasteiger partial charge is 0.357 e. The van der Waals surface area contributed by atoms with Crippen molar-refractivity contribution in [1.82, 2.24) is 14.8 Å². The first-order valence-electron chi connectivity index (χ1n) is 9.30. The number of carbonyl (C=O) groups excluding carboxylic acids is 1. The first-order chi connectivity index (χ1) is 12.7. The molecule has 2 aliphatic rings. The summed E-state index contributed by atoms with van der Waals surface area (Å²) >= 11 is 1.47. The number of thiazole rings is 1. The lowest BCUT2D eigenvalue weighted by atomic mass is 10.2. The van der Waals surface area contributed by atoms with E-state index in [1.165, 1.54) is 30.6 Å². The number of anilines is 2. The molecule has 0 aromatic carbocycles. The molecular formula is C18H24N4O3S. The van der Waals surface area contributed by atoms with Gasteiger partial charge in [0, 0.05) is 18.5 Å². The summed E-state index contributed by atoms with van der Waals surface area (Å²) in [6.45, 7) is 3.84. The summed E-state index contributed by atoms with van der Waals surface area (Å²) in [5.74, 6) is 0.312. The Morgan fingerprint density at radius 1 is 1.42 bits per heavy atom. The largest absolute Gasteiger partial charge is 0.461 e. The van der Waals surface area contributed by atoms with Gasteiger partial charge < -0.3 is 14.4 Å². The minimum atomic E-state index is -0.368. The molecule has 3 heterocycles. The van der Waals surface area contributed by atoms with Crippen LogP contribution in [0.15, 0.2) is 17.8 Å². The maximum absolute atomic E-state index is 11.9. The van der Waals surface area contributed by atoms with Gasteiger partial charge in [0.25, 0.3) is 0 Å². The molecule has 2 fully saturated rings. The number of ether oxygens (including phenoxy) is 2. The second-order valence-electron chi connectivity index (χ2n) is 6.79. The van der Waals surface area contributed by atoms with Crippen molar-refractivity contribution in [2.75, 3.05) is 24.7 Å². The fraction of sp³-hybridized carbons (Fsp3) is 0.611. The van der Waals surface area contributed by atoms with E-state index in [1.807, 2.05) is 17.1 Å². The van der Waals surface area contributed by atoms with Crippen LogP contribution in [-0.4, -0.2) is 40.5 Å². The van der Waals surface area contributed by atoms with E-state index in [-0.39, 0.29) is 12.2 Å². The molecule has 7 nitrogen and oxygen atoms in total. The van der Waals surface area contributed by atoms with Gasteiger partial charge in [-0.05, 0) is 44.9 Å². The van der Waals surface area contributed by atoms with Crippen molar-refractivity contribution < 1.29 is 14.3 Å². The topological polar surface area (TPSA) is 69.5 Å². The van der Waals surface area contributed by atoms with Crippen LogP contribution < -0.4 is 4.90 Å². The van der Waals surface area contributed by atoms with Crippen molar-refractivity contribution in [3.63, 3.8) is 0 Å². The molecule has 140 valence electrons. The monoisotopic (exact) mass is 376 g/mol. The number of carbonyl (C=O) groups is 1. The molecule has 0 bridgehead atoms. The number of hydrogen-bond donors (Lipinski definition) is 0. The minimum absolute atomic E-state index is 0.0201. The van der Waals surface area contributed by atoms with Crippen molar-refractivity contribution in [1.29, 1.82) is 0 Å². The lowest BCUT2D eigenvalue weighted by molar-refractivity contribution is -0.0394. The Labute approximate surface area is 156 Å².